The summed E-state index contributed by atoms with van der Waals surface area (Å²) in [5.41, 5.74) is 4.38. The van der Waals surface area contributed by atoms with Gasteiger partial charge in [0.2, 0.25) is 0 Å². The van der Waals surface area contributed by atoms with Crippen LogP contribution in [0.25, 0.3) is 10.9 Å². The monoisotopic (exact) mass is 384 g/mol. The Hall–Kier alpha value is -3.73. The molecule has 4 rings (SSSR count). The van der Waals surface area contributed by atoms with Crippen LogP contribution in [0.5, 0.6) is 0 Å². The maximum Gasteiger partial charge on any atom is 0.269 e. The largest absolute Gasteiger partial charge is 0.358 e. The highest BCUT2D eigenvalue weighted by Crippen LogP contribution is 2.37. The number of hydrogen-bond acceptors (Lipinski definition) is 3. The molecule has 1 heterocycles. The van der Waals surface area contributed by atoms with Crippen molar-refractivity contribution in [1.29, 1.82) is 0 Å². The SMILES string of the molecule is Cc1[nH]c2ccccc2c1C(CC(=O)c1ccccc1)c1cccc([N+](=O)[O-])c1. The van der Waals surface area contributed by atoms with E-state index in [1.54, 1.807) is 24.3 Å². The summed E-state index contributed by atoms with van der Waals surface area (Å²) in [4.78, 5) is 27.3. The van der Waals surface area contributed by atoms with Crippen molar-refractivity contribution in [3.63, 3.8) is 0 Å². The number of aromatic amines is 1. The quantitative estimate of drug-likeness (QED) is 0.260. The predicted molar refractivity (Wildman–Crippen MR) is 113 cm³/mol. The molecule has 1 N–H and O–H groups in total. The van der Waals surface area contributed by atoms with Crippen LogP contribution in [0.2, 0.25) is 0 Å². The second-order valence-electron chi connectivity index (χ2n) is 7.11. The van der Waals surface area contributed by atoms with Crippen molar-refractivity contribution >= 4 is 22.4 Å². The number of para-hydroxylation sites is 1. The molecule has 0 fully saturated rings. The van der Waals surface area contributed by atoms with Crippen LogP contribution in [-0.2, 0) is 0 Å². The number of nitro groups is 1. The first kappa shape index (κ1) is 18.6. The molecule has 0 saturated heterocycles. The van der Waals surface area contributed by atoms with Crippen molar-refractivity contribution in [2.24, 2.45) is 0 Å². The zero-order valence-corrected chi connectivity index (χ0v) is 16.0. The average molecular weight is 384 g/mol. The van der Waals surface area contributed by atoms with Crippen molar-refractivity contribution < 1.29 is 9.72 Å². The standard InChI is InChI=1S/C24H20N2O3/c1-16-24(20-12-5-6-13-22(20)25-16)21(15-23(27)17-8-3-2-4-9-17)18-10-7-11-19(14-18)26(28)29/h2-14,21,25H,15H2,1H3. The molecule has 29 heavy (non-hydrogen) atoms. The molecular formula is C24H20N2O3. The third kappa shape index (κ3) is 3.67. The molecule has 0 radical (unpaired) electrons. The molecule has 0 bridgehead atoms. The topological polar surface area (TPSA) is 76.0 Å². The molecular weight excluding hydrogens is 364 g/mol. The number of non-ortho nitro benzene ring substituents is 1. The highest BCUT2D eigenvalue weighted by molar-refractivity contribution is 5.97. The highest BCUT2D eigenvalue weighted by atomic mass is 16.6. The fourth-order valence-electron chi connectivity index (χ4n) is 3.92. The maximum atomic E-state index is 13.0. The summed E-state index contributed by atoms with van der Waals surface area (Å²) >= 11 is 0. The molecule has 1 aromatic heterocycles. The van der Waals surface area contributed by atoms with Crippen LogP contribution in [0.1, 0.15) is 39.5 Å². The van der Waals surface area contributed by atoms with E-state index in [0.29, 0.717) is 5.56 Å². The maximum absolute atomic E-state index is 13.0. The third-order valence-corrected chi connectivity index (χ3v) is 5.26. The molecule has 0 amide bonds. The molecule has 5 heteroatoms. The number of nitrogens with zero attached hydrogens (tertiary/aromatic N) is 1. The van der Waals surface area contributed by atoms with Gasteiger partial charge in [-0.3, -0.25) is 14.9 Å². The Labute approximate surface area is 168 Å². The molecule has 0 aliphatic heterocycles. The van der Waals surface area contributed by atoms with Crippen molar-refractivity contribution in [1.82, 2.24) is 4.98 Å². The molecule has 0 aliphatic carbocycles. The van der Waals surface area contributed by atoms with Crippen LogP contribution in [0.15, 0.2) is 78.9 Å². The minimum Gasteiger partial charge on any atom is -0.358 e. The molecule has 1 unspecified atom stereocenters. The number of fused-ring (bicyclic) bond motifs is 1. The molecule has 1 atom stereocenters. The lowest BCUT2D eigenvalue weighted by Gasteiger charge is -2.18. The second-order valence-corrected chi connectivity index (χ2v) is 7.11. The Bertz CT molecular complexity index is 1200. The first-order valence-electron chi connectivity index (χ1n) is 9.44. The zero-order chi connectivity index (χ0) is 20.4. The minimum absolute atomic E-state index is 0.00628. The first-order valence-corrected chi connectivity index (χ1v) is 9.44. The lowest BCUT2D eigenvalue weighted by molar-refractivity contribution is -0.384. The van der Waals surface area contributed by atoms with E-state index in [1.165, 1.54) is 6.07 Å². The van der Waals surface area contributed by atoms with E-state index >= 15 is 0 Å². The minimum atomic E-state index is -0.401. The Morgan fingerprint density at radius 2 is 1.72 bits per heavy atom. The molecule has 5 nitrogen and oxygen atoms in total. The number of H-pyrrole nitrogens is 1. The van der Waals surface area contributed by atoms with Crippen molar-refractivity contribution in [3.05, 3.63) is 111 Å². The molecule has 0 spiro atoms. The van der Waals surface area contributed by atoms with E-state index < -0.39 is 4.92 Å². The van der Waals surface area contributed by atoms with Gasteiger partial charge in [0.25, 0.3) is 5.69 Å². The molecule has 0 saturated carbocycles. The third-order valence-electron chi connectivity index (χ3n) is 5.26. The van der Waals surface area contributed by atoms with Gasteiger partial charge in [-0.25, -0.2) is 0 Å². The van der Waals surface area contributed by atoms with Crippen LogP contribution in [0.3, 0.4) is 0 Å². The van der Waals surface area contributed by atoms with Gasteiger partial charge >= 0.3 is 0 Å². The van der Waals surface area contributed by atoms with Crippen molar-refractivity contribution in [2.45, 2.75) is 19.3 Å². The van der Waals surface area contributed by atoms with E-state index in [1.807, 2.05) is 55.5 Å². The number of nitro benzene ring substituents is 1. The summed E-state index contributed by atoms with van der Waals surface area (Å²) in [5, 5.41) is 12.3. The summed E-state index contributed by atoms with van der Waals surface area (Å²) in [5.74, 6) is -0.287. The van der Waals surface area contributed by atoms with Crippen LogP contribution in [0, 0.1) is 17.0 Å². The Kier molecular flexibility index (Phi) is 4.96. The second kappa shape index (κ2) is 7.72. The number of ketones is 1. The number of benzene rings is 3. The number of hydrogen-bond donors (Lipinski definition) is 1. The Morgan fingerprint density at radius 1 is 1.00 bits per heavy atom. The van der Waals surface area contributed by atoms with E-state index in [9.17, 15) is 14.9 Å². The van der Waals surface area contributed by atoms with Crippen LogP contribution < -0.4 is 0 Å². The number of Topliss-reactive ketones (excluding diaryl/α,β-unsaturated/α-hetero) is 1. The van der Waals surface area contributed by atoms with E-state index in [0.717, 1.165) is 27.7 Å². The smallest absolute Gasteiger partial charge is 0.269 e. The average Bonchev–Trinajstić information content (AvgIpc) is 3.08. The van der Waals surface area contributed by atoms with Crippen molar-refractivity contribution in [2.75, 3.05) is 0 Å². The number of aromatic nitrogens is 1. The van der Waals surface area contributed by atoms with Gasteiger partial charge in [0.05, 0.1) is 4.92 Å². The molecule has 144 valence electrons. The number of nitrogens with one attached hydrogen (secondary N) is 1. The van der Waals surface area contributed by atoms with Gasteiger partial charge in [-0.1, -0.05) is 60.7 Å². The molecule has 3 aromatic carbocycles. The van der Waals surface area contributed by atoms with E-state index in [2.05, 4.69) is 4.98 Å². The summed E-state index contributed by atoms with van der Waals surface area (Å²) in [7, 11) is 0. The van der Waals surface area contributed by atoms with Gasteiger partial charge in [0.1, 0.15) is 0 Å². The summed E-state index contributed by atoms with van der Waals surface area (Å²) in [6.07, 6.45) is 0.230. The van der Waals surface area contributed by atoms with Crippen LogP contribution in [-0.4, -0.2) is 15.7 Å². The summed E-state index contributed by atoms with van der Waals surface area (Å²) < 4.78 is 0. The fraction of sp³-hybridized carbons (Fsp3) is 0.125. The lowest BCUT2D eigenvalue weighted by atomic mass is 9.84. The normalized spacial score (nSPS) is 12.0. The number of rotatable bonds is 6. The van der Waals surface area contributed by atoms with Crippen LogP contribution in [0.4, 0.5) is 5.69 Å². The van der Waals surface area contributed by atoms with Gasteiger partial charge in [-0.15, -0.1) is 0 Å². The molecule has 4 aromatic rings. The fourth-order valence-corrected chi connectivity index (χ4v) is 3.92. The predicted octanol–water partition coefficient (Wildman–Crippen LogP) is 5.79. The van der Waals surface area contributed by atoms with E-state index in [4.69, 9.17) is 0 Å². The van der Waals surface area contributed by atoms with Gasteiger partial charge in [-0.2, -0.15) is 0 Å². The first-order chi connectivity index (χ1) is 14.0. The van der Waals surface area contributed by atoms with Gasteiger partial charge in [-0.05, 0) is 24.1 Å². The van der Waals surface area contributed by atoms with Gasteiger partial charge in [0.15, 0.2) is 5.78 Å². The van der Waals surface area contributed by atoms with Gasteiger partial charge < -0.3 is 4.98 Å². The molecule has 0 aliphatic rings. The number of aryl methyl sites for hydroxylation is 1. The summed E-state index contributed by atoms with van der Waals surface area (Å²) in [6, 6.07) is 23.7. The number of carbonyl (C=O) groups excluding carboxylic acids is 1. The lowest BCUT2D eigenvalue weighted by Crippen LogP contribution is -2.10. The highest BCUT2D eigenvalue weighted by Gasteiger charge is 2.25. The van der Waals surface area contributed by atoms with E-state index in [-0.39, 0.29) is 23.8 Å². The Balaban J connectivity index is 1.85. The van der Waals surface area contributed by atoms with Crippen molar-refractivity contribution in [3.8, 4) is 0 Å². The zero-order valence-electron chi connectivity index (χ0n) is 16.0. The summed E-state index contributed by atoms with van der Waals surface area (Å²) in [6.45, 7) is 1.98. The Morgan fingerprint density at radius 3 is 2.48 bits per heavy atom. The van der Waals surface area contributed by atoms with Gasteiger partial charge in [0, 0.05) is 46.6 Å². The van der Waals surface area contributed by atoms with Crippen LogP contribution >= 0.6 is 0 Å². The number of carbonyl (C=O) groups is 1.